The van der Waals surface area contributed by atoms with Gasteiger partial charge in [0.1, 0.15) is 37.0 Å². The summed E-state index contributed by atoms with van der Waals surface area (Å²) in [6.45, 7) is 11.4. The number of hydrogen-bond acceptors (Lipinski definition) is 2. The molecule has 1 fully saturated rings. The van der Waals surface area contributed by atoms with Gasteiger partial charge in [0, 0.05) is 10.9 Å². The van der Waals surface area contributed by atoms with E-state index in [9.17, 15) is 0 Å². The average Bonchev–Trinajstić information content (AvgIpc) is 2.44. The number of fused-ring (bicyclic) bond motifs is 1. The minimum Gasteiger partial charge on any atom is -0.364 e. The van der Waals surface area contributed by atoms with Crippen LogP contribution in [-0.4, -0.2) is 30.3 Å². The summed E-state index contributed by atoms with van der Waals surface area (Å²) in [5.41, 5.74) is 4.62. The van der Waals surface area contributed by atoms with Crippen molar-refractivity contribution in [1.82, 2.24) is 4.98 Å². The van der Waals surface area contributed by atoms with Crippen LogP contribution in [0, 0.1) is 13.8 Å². The van der Waals surface area contributed by atoms with Crippen molar-refractivity contribution < 1.29 is 9.64 Å². The molecule has 0 saturated carbocycles. The van der Waals surface area contributed by atoms with Crippen molar-refractivity contribution >= 4 is 22.5 Å². The lowest BCUT2D eigenvalue weighted by Crippen LogP contribution is -3.14. The van der Waals surface area contributed by atoms with Crippen LogP contribution in [0.2, 0.25) is 5.15 Å². The summed E-state index contributed by atoms with van der Waals surface area (Å²) in [5, 5.41) is 1.82. The third kappa shape index (κ3) is 3.12. The van der Waals surface area contributed by atoms with E-state index in [-0.39, 0.29) is 0 Å². The van der Waals surface area contributed by atoms with E-state index in [0.717, 1.165) is 30.7 Å². The second-order valence-electron chi connectivity index (χ2n) is 6.61. The Labute approximate surface area is 137 Å². The van der Waals surface area contributed by atoms with Crippen LogP contribution in [-0.2, 0) is 11.3 Å². The average molecular weight is 320 g/mol. The number of nitrogens with zero attached hydrogens (tertiary/aromatic N) is 1. The van der Waals surface area contributed by atoms with Gasteiger partial charge in [0.05, 0.1) is 5.52 Å². The van der Waals surface area contributed by atoms with Crippen LogP contribution in [0.15, 0.2) is 18.2 Å². The molecular weight excluding hydrogens is 296 g/mol. The van der Waals surface area contributed by atoms with Gasteiger partial charge in [0.15, 0.2) is 0 Å². The molecule has 1 aliphatic rings. The van der Waals surface area contributed by atoms with E-state index in [1.807, 2.05) is 0 Å². The summed E-state index contributed by atoms with van der Waals surface area (Å²) in [7, 11) is 0. The second kappa shape index (κ2) is 6.15. The van der Waals surface area contributed by atoms with Gasteiger partial charge in [-0.3, -0.25) is 0 Å². The summed E-state index contributed by atoms with van der Waals surface area (Å²) < 4.78 is 5.81. The zero-order chi connectivity index (χ0) is 15.9. The zero-order valence-corrected chi connectivity index (χ0v) is 14.5. The van der Waals surface area contributed by atoms with Gasteiger partial charge in [-0.15, -0.1) is 0 Å². The number of pyridine rings is 1. The first-order valence-corrected chi connectivity index (χ1v) is 8.36. The quantitative estimate of drug-likeness (QED) is 0.862. The van der Waals surface area contributed by atoms with Gasteiger partial charge in [-0.05, 0) is 44.9 Å². The number of nitrogens with one attached hydrogen (secondary N) is 1. The third-order valence-corrected chi connectivity index (χ3v) is 4.92. The smallest absolute Gasteiger partial charge is 0.138 e. The Kier molecular flexibility index (Phi) is 4.40. The highest BCUT2D eigenvalue weighted by Gasteiger charge is 2.26. The molecule has 0 aliphatic carbocycles. The Morgan fingerprint density at radius 2 is 1.91 bits per heavy atom. The lowest BCUT2D eigenvalue weighted by Gasteiger charge is -2.32. The first kappa shape index (κ1) is 15.7. The van der Waals surface area contributed by atoms with Crippen molar-refractivity contribution in [3.8, 4) is 0 Å². The highest BCUT2D eigenvalue weighted by atomic mass is 35.5. The van der Waals surface area contributed by atoms with Crippen molar-refractivity contribution in [3.63, 3.8) is 0 Å². The number of quaternary nitrogens is 1. The molecule has 1 aromatic heterocycles. The van der Waals surface area contributed by atoms with E-state index in [4.69, 9.17) is 16.3 Å². The molecule has 3 rings (SSSR count). The maximum atomic E-state index is 6.46. The van der Waals surface area contributed by atoms with Crippen LogP contribution in [0.25, 0.3) is 10.9 Å². The van der Waals surface area contributed by atoms with E-state index in [2.05, 4.69) is 50.9 Å². The van der Waals surface area contributed by atoms with Crippen molar-refractivity contribution in [2.24, 2.45) is 0 Å². The summed E-state index contributed by atoms with van der Waals surface area (Å²) in [5.74, 6) is 0. The number of hydrogen-bond donors (Lipinski definition) is 1. The molecule has 22 heavy (non-hydrogen) atoms. The second-order valence-corrected chi connectivity index (χ2v) is 6.97. The van der Waals surface area contributed by atoms with E-state index in [0.29, 0.717) is 17.4 Å². The molecule has 3 atom stereocenters. The lowest BCUT2D eigenvalue weighted by molar-refractivity contribution is -0.928. The zero-order valence-electron chi connectivity index (χ0n) is 13.7. The van der Waals surface area contributed by atoms with E-state index in [1.165, 1.54) is 21.4 Å². The largest absolute Gasteiger partial charge is 0.364 e. The number of halogens is 1. The van der Waals surface area contributed by atoms with E-state index < -0.39 is 0 Å². The molecule has 0 radical (unpaired) electrons. The Hall–Kier alpha value is -1.16. The van der Waals surface area contributed by atoms with Crippen LogP contribution >= 0.6 is 11.6 Å². The molecular formula is C18H24ClN2O+. The summed E-state index contributed by atoms with van der Waals surface area (Å²) >= 11 is 6.46. The predicted octanol–water partition coefficient (Wildman–Crippen LogP) is 2.70. The van der Waals surface area contributed by atoms with Gasteiger partial charge in [0.2, 0.25) is 0 Å². The normalized spacial score (nSPS) is 25.6. The van der Waals surface area contributed by atoms with Crippen molar-refractivity contribution in [3.05, 3.63) is 40.0 Å². The van der Waals surface area contributed by atoms with Gasteiger partial charge in [-0.25, -0.2) is 4.98 Å². The maximum absolute atomic E-state index is 6.46. The van der Waals surface area contributed by atoms with Crippen LogP contribution in [0.5, 0.6) is 0 Å². The SMILES string of the molecule is Cc1ccc2cc(C[NH+]3C[C@@H](C)O[C@@H](C)C3)c(Cl)nc2c1C. The Morgan fingerprint density at radius 3 is 2.59 bits per heavy atom. The maximum Gasteiger partial charge on any atom is 0.138 e. The molecule has 1 N–H and O–H groups in total. The van der Waals surface area contributed by atoms with Gasteiger partial charge in [-0.1, -0.05) is 23.7 Å². The fourth-order valence-corrected chi connectivity index (χ4v) is 3.64. The van der Waals surface area contributed by atoms with Crippen molar-refractivity contribution in [2.75, 3.05) is 13.1 Å². The topological polar surface area (TPSA) is 26.6 Å². The number of rotatable bonds is 2. The third-order valence-electron chi connectivity index (χ3n) is 4.60. The molecule has 1 unspecified atom stereocenters. The van der Waals surface area contributed by atoms with Crippen molar-refractivity contribution in [2.45, 2.75) is 46.4 Å². The van der Waals surface area contributed by atoms with Gasteiger partial charge >= 0.3 is 0 Å². The summed E-state index contributed by atoms with van der Waals surface area (Å²) in [6, 6.07) is 6.50. The molecule has 118 valence electrons. The number of morpholine rings is 1. The van der Waals surface area contributed by atoms with E-state index >= 15 is 0 Å². The monoisotopic (exact) mass is 319 g/mol. The highest BCUT2D eigenvalue weighted by Crippen LogP contribution is 2.24. The molecule has 0 bridgehead atoms. The van der Waals surface area contributed by atoms with Gasteiger partial charge in [0.25, 0.3) is 0 Å². The fourth-order valence-electron chi connectivity index (χ4n) is 3.43. The van der Waals surface area contributed by atoms with Crippen LogP contribution in [0.4, 0.5) is 0 Å². The Balaban J connectivity index is 1.91. The van der Waals surface area contributed by atoms with Crippen LogP contribution < -0.4 is 4.90 Å². The molecule has 2 heterocycles. The Morgan fingerprint density at radius 1 is 1.23 bits per heavy atom. The molecule has 2 aromatic rings. The Bertz CT molecular complexity index is 691. The molecule has 0 spiro atoms. The van der Waals surface area contributed by atoms with Gasteiger partial charge < -0.3 is 9.64 Å². The molecule has 4 heteroatoms. The summed E-state index contributed by atoms with van der Waals surface area (Å²) in [6.07, 6.45) is 0.603. The van der Waals surface area contributed by atoms with E-state index in [1.54, 1.807) is 0 Å². The van der Waals surface area contributed by atoms with Gasteiger partial charge in [-0.2, -0.15) is 0 Å². The first-order chi connectivity index (χ1) is 10.4. The number of benzene rings is 1. The molecule has 1 aromatic carbocycles. The number of aryl methyl sites for hydroxylation is 2. The number of ether oxygens (including phenoxy) is 1. The molecule has 1 aliphatic heterocycles. The fraction of sp³-hybridized carbons (Fsp3) is 0.500. The molecule has 0 amide bonds. The summed E-state index contributed by atoms with van der Waals surface area (Å²) in [4.78, 5) is 6.17. The lowest BCUT2D eigenvalue weighted by atomic mass is 10.0. The molecule has 3 nitrogen and oxygen atoms in total. The first-order valence-electron chi connectivity index (χ1n) is 7.98. The number of aromatic nitrogens is 1. The van der Waals surface area contributed by atoms with Crippen molar-refractivity contribution in [1.29, 1.82) is 0 Å². The molecule has 1 saturated heterocycles. The predicted molar refractivity (Wildman–Crippen MR) is 90.6 cm³/mol. The van der Waals surface area contributed by atoms with Crippen LogP contribution in [0.1, 0.15) is 30.5 Å². The highest BCUT2D eigenvalue weighted by molar-refractivity contribution is 6.30. The standard InChI is InChI=1S/C18H23ClN2O/c1-11-5-6-15-7-16(18(19)20-17(15)14(11)4)10-21-8-12(2)22-13(3)9-21/h5-7,12-13H,8-10H2,1-4H3/p+1/t12-,13+. The minimum absolute atomic E-state index is 0.302. The minimum atomic E-state index is 0.302. The van der Waals surface area contributed by atoms with Crippen LogP contribution in [0.3, 0.4) is 0 Å².